The quantitative estimate of drug-likeness (QED) is 0.272. The first-order valence-corrected chi connectivity index (χ1v) is 10.8. The molecular formula is C25H25NO7. The second-order valence-electron chi connectivity index (χ2n) is 8.18. The van der Waals surface area contributed by atoms with Gasteiger partial charge in [0, 0.05) is 18.5 Å². The summed E-state index contributed by atoms with van der Waals surface area (Å²) in [5.74, 6) is -1.46. The average molecular weight is 451 g/mol. The SMILES string of the molecule is Cc1ccc(C(O)=C2C(=O)C(=O)N(CCCCCC(=O)O)[C@H]2c2ccc3c(c2)OCO3)cc1. The van der Waals surface area contributed by atoms with Gasteiger partial charge in [-0.05, 0) is 37.5 Å². The van der Waals surface area contributed by atoms with Crippen molar-refractivity contribution in [2.75, 3.05) is 13.3 Å². The number of aliphatic hydroxyl groups is 1. The van der Waals surface area contributed by atoms with Crippen LogP contribution in [0.25, 0.3) is 5.76 Å². The van der Waals surface area contributed by atoms with Gasteiger partial charge in [-0.2, -0.15) is 0 Å². The van der Waals surface area contributed by atoms with Gasteiger partial charge < -0.3 is 24.6 Å². The summed E-state index contributed by atoms with van der Waals surface area (Å²) in [6.07, 6.45) is 1.67. The van der Waals surface area contributed by atoms with E-state index in [2.05, 4.69) is 0 Å². The van der Waals surface area contributed by atoms with Crippen LogP contribution in [0.5, 0.6) is 11.5 Å². The molecule has 0 aromatic heterocycles. The summed E-state index contributed by atoms with van der Waals surface area (Å²) >= 11 is 0. The first-order valence-electron chi connectivity index (χ1n) is 10.8. The number of hydrogen-bond donors (Lipinski definition) is 2. The van der Waals surface area contributed by atoms with Gasteiger partial charge in [-0.1, -0.05) is 42.3 Å². The van der Waals surface area contributed by atoms with E-state index >= 15 is 0 Å². The van der Waals surface area contributed by atoms with Crippen LogP contribution in [0.2, 0.25) is 0 Å². The fraction of sp³-hybridized carbons (Fsp3) is 0.320. The topological polar surface area (TPSA) is 113 Å². The van der Waals surface area contributed by atoms with Crippen LogP contribution in [0, 0.1) is 6.92 Å². The number of carbonyl (C=O) groups is 3. The number of benzene rings is 2. The van der Waals surface area contributed by atoms with Crippen molar-refractivity contribution in [2.24, 2.45) is 0 Å². The number of rotatable bonds is 8. The van der Waals surface area contributed by atoms with Crippen molar-refractivity contribution >= 4 is 23.4 Å². The zero-order chi connectivity index (χ0) is 23.5. The van der Waals surface area contributed by atoms with Gasteiger partial charge in [-0.25, -0.2) is 0 Å². The van der Waals surface area contributed by atoms with Gasteiger partial charge in [-0.15, -0.1) is 0 Å². The summed E-state index contributed by atoms with van der Waals surface area (Å²) in [6, 6.07) is 11.5. The number of unbranched alkanes of at least 4 members (excludes halogenated alkanes) is 2. The smallest absolute Gasteiger partial charge is 0.303 e. The van der Waals surface area contributed by atoms with Crippen LogP contribution >= 0.6 is 0 Å². The minimum Gasteiger partial charge on any atom is -0.507 e. The molecule has 0 bridgehead atoms. The van der Waals surface area contributed by atoms with Gasteiger partial charge in [0.1, 0.15) is 5.76 Å². The number of carboxylic acids is 1. The molecule has 8 heteroatoms. The number of carbonyl (C=O) groups excluding carboxylic acids is 2. The fourth-order valence-electron chi connectivity index (χ4n) is 4.14. The number of Topliss-reactive ketones (excluding diaryl/α,β-unsaturated/α-hetero) is 1. The summed E-state index contributed by atoms with van der Waals surface area (Å²) in [5.41, 5.74) is 2.09. The lowest BCUT2D eigenvalue weighted by atomic mass is 9.94. The Morgan fingerprint density at radius 2 is 1.73 bits per heavy atom. The van der Waals surface area contributed by atoms with Crippen molar-refractivity contribution in [1.82, 2.24) is 4.90 Å². The maximum atomic E-state index is 13.1. The molecule has 0 radical (unpaired) electrons. The molecule has 1 amide bonds. The third-order valence-electron chi connectivity index (χ3n) is 5.87. The van der Waals surface area contributed by atoms with Gasteiger partial charge >= 0.3 is 5.97 Å². The van der Waals surface area contributed by atoms with Crippen LogP contribution in [0.4, 0.5) is 0 Å². The van der Waals surface area contributed by atoms with Crippen molar-refractivity contribution in [3.63, 3.8) is 0 Å². The molecule has 2 aromatic rings. The zero-order valence-electron chi connectivity index (χ0n) is 18.2. The largest absolute Gasteiger partial charge is 0.507 e. The number of amides is 1. The van der Waals surface area contributed by atoms with Crippen LogP contribution in [0.3, 0.4) is 0 Å². The van der Waals surface area contributed by atoms with E-state index in [0.29, 0.717) is 41.9 Å². The van der Waals surface area contributed by atoms with E-state index in [4.69, 9.17) is 14.6 Å². The molecule has 0 saturated carbocycles. The number of aliphatic hydroxyl groups excluding tert-OH is 1. The number of nitrogens with zero attached hydrogens (tertiary/aromatic N) is 1. The second-order valence-corrected chi connectivity index (χ2v) is 8.18. The molecular weight excluding hydrogens is 426 g/mol. The molecule has 2 N–H and O–H groups in total. The average Bonchev–Trinajstić information content (AvgIpc) is 3.36. The van der Waals surface area contributed by atoms with Crippen LogP contribution < -0.4 is 9.47 Å². The minimum absolute atomic E-state index is 0.0215. The molecule has 4 rings (SSSR count). The Kier molecular flexibility index (Phi) is 6.35. The third-order valence-corrected chi connectivity index (χ3v) is 5.87. The highest BCUT2D eigenvalue weighted by Gasteiger charge is 2.46. The zero-order valence-corrected chi connectivity index (χ0v) is 18.2. The van der Waals surface area contributed by atoms with Gasteiger partial charge in [0.2, 0.25) is 6.79 Å². The number of ketones is 1. The van der Waals surface area contributed by atoms with Crippen LogP contribution in [-0.2, 0) is 14.4 Å². The number of ether oxygens (including phenoxy) is 2. The molecule has 2 aliphatic heterocycles. The van der Waals surface area contributed by atoms with Crippen molar-refractivity contribution < 1.29 is 34.1 Å². The van der Waals surface area contributed by atoms with E-state index in [0.717, 1.165) is 5.56 Å². The Labute approximate surface area is 191 Å². The van der Waals surface area contributed by atoms with E-state index in [-0.39, 0.29) is 31.1 Å². The summed E-state index contributed by atoms with van der Waals surface area (Å²) in [6.45, 7) is 2.26. The van der Waals surface area contributed by atoms with Gasteiger partial charge in [0.05, 0.1) is 11.6 Å². The Bertz CT molecular complexity index is 1120. The maximum Gasteiger partial charge on any atom is 0.303 e. The predicted molar refractivity (Wildman–Crippen MR) is 119 cm³/mol. The lowest BCUT2D eigenvalue weighted by Gasteiger charge is -2.25. The van der Waals surface area contributed by atoms with E-state index < -0.39 is 23.7 Å². The summed E-state index contributed by atoms with van der Waals surface area (Å²) < 4.78 is 10.8. The standard InChI is InChI=1S/C25H25NO7/c1-15-6-8-16(9-7-15)23(29)21-22(17-10-11-18-19(13-17)33-14-32-18)26(25(31)24(21)30)12-4-2-3-5-20(27)28/h6-11,13,22,29H,2-5,12,14H2,1H3,(H,27,28)/t22-/m0/s1. The number of aliphatic carboxylic acids is 1. The van der Waals surface area contributed by atoms with Crippen molar-refractivity contribution in [3.05, 3.63) is 64.7 Å². The molecule has 1 fully saturated rings. The Morgan fingerprint density at radius 1 is 1.00 bits per heavy atom. The monoisotopic (exact) mass is 451 g/mol. The molecule has 2 aromatic carbocycles. The van der Waals surface area contributed by atoms with E-state index in [1.807, 2.05) is 19.1 Å². The first kappa shape index (κ1) is 22.4. The molecule has 2 aliphatic rings. The number of fused-ring (bicyclic) bond motifs is 1. The fourth-order valence-corrected chi connectivity index (χ4v) is 4.14. The second kappa shape index (κ2) is 9.36. The Morgan fingerprint density at radius 3 is 2.45 bits per heavy atom. The van der Waals surface area contributed by atoms with E-state index in [1.54, 1.807) is 30.3 Å². The predicted octanol–water partition coefficient (Wildman–Crippen LogP) is 3.79. The number of hydrogen-bond acceptors (Lipinski definition) is 6. The summed E-state index contributed by atoms with van der Waals surface area (Å²) in [4.78, 5) is 38.2. The molecule has 2 heterocycles. The van der Waals surface area contributed by atoms with E-state index in [1.165, 1.54) is 4.90 Å². The van der Waals surface area contributed by atoms with Gasteiger partial charge in [0.25, 0.3) is 11.7 Å². The summed E-state index contributed by atoms with van der Waals surface area (Å²) in [5, 5.41) is 19.9. The lowest BCUT2D eigenvalue weighted by molar-refractivity contribution is -0.140. The molecule has 1 saturated heterocycles. The van der Waals surface area contributed by atoms with Crippen LogP contribution in [-0.4, -0.2) is 46.1 Å². The van der Waals surface area contributed by atoms with Gasteiger partial charge in [-0.3, -0.25) is 14.4 Å². The Balaban J connectivity index is 1.70. The van der Waals surface area contributed by atoms with E-state index in [9.17, 15) is 19.5 Å². The highest BCUT2D eigenvalue weighted by Crippen LogP contribution is 2.43. The normalized spacial score (nSPS) is 18.7. The molecule has 0 aliphatic carbocycles. The highest BCUT2D eigenvalue weighted by atomic mass is 16.7. The molecule has 33 heavy (non-hydrogen) atoms. The third kappa shape index (κ3) is 4.55. The number of likely N-dealkylation sites (tertiary alicyclic amines) is 1. The molecule has 0 spiro atoms. The van der Waals surface area contributed by atoms with Crippen molar-refractivity contribution in [1.29, 1.82) is 0 Å². The molecule has 8 nitrogen and oxygen atoms in total. The minimum atomic E-state index is -0.867. The van der Waals surface area contributed by atoms with Crippen molar-refractivity contribution in [3.8, 4) is 11.5 Å². The van der Waals surface area contributed by atoms with Crippen molar-refractivity contribution in [2.45, 2.75) is 38.6 Å². The lowest BCUT2D eigenvalue weighted by Crippen LogP contribution is -2.30. The Hall–Kier alpha value is -3.81. The summed E-state index contributed by atoms with van der Waals surface area (Å²) in [7, 11) is 0. The number of aryl methyl sites for hydroxylation is 1. The maximum absolute atomic E-state index is 13.1. The molecule has 172 valence electrons. The van der Waals surface area contributed by atoms with Crippen LogP contribution in [0.1, 0.15) is 48.4 Å². The molecule has 0 unspecified atom stereocenters. The van der Waals surface area contributed by atoms with Crippen LogP contribution in [0.15, 0.2) is 48.0 Å². The highest BCUT2D eigenvalue weighted by molar-refractivity contribution is 6.46. The van der Waals surface area contributed by atoms with Gasteiger partial charge in [0.15, 0.2) is 11.5 Å². The number of carboxylic acid groups (broad SMARTS) is 1. The molecule has 1 atom stereocenters. The first-order chi connectivity index (χ1) is 15.9.